The van der Waals surface area contributed by atoms with Crippen molar-refractivity contribution in [3.63, 3.8) is 0 Å². The van der Waals surface area contributed by atoms with Crippen molar-refractivity contribution >= 4 is 12.4 Å². The number of benzene rings is 1. The fraction of sp³-hybridized carbons (Fsp3) is 0.600. The minimum Gasteiger partial charge on any atom is -0.422 e. The molecule has 1 aliphatic rings. The van der Waals surface area contributed by atoms with Crippen LogP contribution in [0.15, 0.2) is 18.2 Å². The molecule has 1 aromatic carbocycles. The molecule has 0 atom stereocenters. The summed E-state index contributed by atoms with van der Waals surface area (Å²) in [6.45, 7) is 11.3. The number of fused-ring (bicyclic) bond motifs is 1. The zero-order valence-electron chi connectivity index (χ0n) is 11.7. The maximum atomic E-state index is 6.00. The van der Waals surface area contributed by atoms with Crippen LogP contribution in [-0.2, 0) is 16.7 Å². The van der Waals surface area contributed by atoms with E-state index in [2.05, 4.69) is 52.7 Å². The van der Waals surface area contributed by atoms with Crippen molar-refractivity contribution < 1.29 is 4.65 Å². The van der Waals surface area contributed by atoms with Crippen molar-refractivity contribution in [3.05, 3.63) is 29.3 Å². The van der Waals surface area contributed by atoms with Crippen LogP contribution >= 0.6 is 0 Å². The Kier molecular flexibility index (Phi) is 3.35. The van der Waals surface area contributed by atoms with Gasteiger partial charge in [0.15, 0.2) is 0 Å². The maximum Gasteiger partial charge on any atom is 0.325 e. The smallest absolute Gasteiger partial charge is 0.325 e. The van der Waals surface area contributed by atoms with Crippen LogP contribution in [0, 0.1) is 5.92 Å². The number of hydrogen-bond donors (Lipinski definition) is 0. The molecule has 1 heterocycles. The molecule has 0 saturated carbocycles. The Bertz CT molecular complexity index is 409. The highest BCUT2D eigenvalue weighted by Gasteiger charge is 2.37. The van der Waals surface area contributed by atoms with Crippen LogP contribution in [-0.4, -0.2) is 6.92 Å². The van der Waals surface area contributed by atoms with E-state index in [1.54, 1.807) is 0 Å². The predicted octanol–water partition coefficient (Wildman–Crippen LogP) is 3.37. The summed E-state index contributed by atoms with van der Waals surface area (Å²) in [7, 11) is 0. The average molecular weight is 230 g/mol. The van der Waals surface area contributed by atoms with E-state index < -0.39 is 0 Å². The third-order valence-electron chi connectivity index (χ3n) is 3.69. The highest BCUT2D eigenvalue weighted by atomic mass is 16.5. The molecular weight excluding hydrogens is 207 g/mol. The Hall–Kier alpha value is -0.755. The second-order valence-electron chi connectivity index (χ2n) is 6.12. The van der Waals surface area contributed by atoms with Gasteiger partial charge in [-0.05, 0) is 49.2 Å². The molecule has 0 amide bonds. The summed E-state index contributed by atoms with van der Waals surface area (Å²) in [5.74, 6) is 0.770. The minimum atomic E-state index is -0.122. The fourth-order valence-corrected chi connectivity index (χ4v) is 2.66. The number of rotatable bonds is 3. The van der Waals surface area contributed by atoms with Crippen molar-refractivity contribution in [1.29, 1.82) is 0 Å². The van der Waals surface area contributed by atoms with Crippen molar-refractivity contribution in [1.82, 2.24) is 0 Å². The molecule has 17 heavy (non-hydrogen) atoms. The zero-order valence-corrected chi connectivity index (χ0v) is 11.7. The highest BCUT2D eigenvalue weighted by Crippen LogP contribution is 2.31. The van der Waals surface area contributed by atoms with Gasteiger partial charge in [-0.25, -0.2) is 0 Å². The molecule has 1 aromatic rings. The van der Waals surface area contributed by atoms with Gasteiger partial charge in [-0.3, -0.25) is 0 Å². The first-order chi connectivity index (χ1) is 7.90. The summed E-state index contributed by atoms with van der Waals surface area (Å²) >= 11 is 0. The lowest BCUT2D eigenvalue weighted by Crippen LogP contribution is -2.24. The van der Waals surface area contributed by atoms with E-state index in [4.69, 9.17) is 4.65 Å². The Labute approximate surface area is 106 Å². The van der Waals surface area contributed by atoms with Crippen molar-refractivity contribution in [2.24, 2.45) is 5.92 Å². The molecule has 1 aliphatic heterocycles. The lowest BCUT2D eigenvalue weighted by Gasteiger charge is -2.21. The molecule has 0 unspecified atom stereocenters. The molecule has 92 valence electrons. The fourth-order valence-electron chi connectivity index (χ4n) is 2.66. The minimum absolute atomic E-state index is 0.122. The van der Waals surface area contributed by atoms with Crippen molar-refractivity contribution in [2.75, 3.05) is 0 Å². The molecule has 0 N–H and O–H groups in total. The lowest BCUT2D eigenvalue weighted by molar-refractivity contribution is 0.124. The summed E-state index contributed by atoms with van der Waals surface area (Å²) < 4.78 is 6.00. The molecule has 1 nitrogen and oxygen atoms in total. The van der Waals surface area contributed by atoms with Gasteiger partial charge in [0.05, 0.1) is 5.60 Å². The molecule has 0 spiro atoms. The Balaban J connectivity index is 2.25. The molecule has 0 bridgehead atoms. The normalized spacial score (nSPS) is 17.6. The van der Waals surface area contributed by atoms with Crippen LogP contribution in [0.2, 0.25) is 6.82 Å². The molecule has 0 aliphatic carbocycles. The summed E-state index contributed by atoms with van der Waals surface area (Å²) in [6.07, 6.45) is 2.44. The van der Waals surface area contributed by atoms with Crippen LogP contribution in [0.5, 0.6) is 0 Å². The van der Waals surface area contributed by atoms with Crippen LogP contribution in [0.1, 0.15) is 45.2 Å². The van der Waals surface area contributed by atoms with Gasteiger partial charge >= 0.3 is 6.92 Å². The van der Waals surface area contributed by atoms with E-state index >= 15 is 0 Å². The van der Waals surface area contributed by atoms with Crippen LogP contribution < -0.4 is 5.46 Å². The van der Waals surface area contributed by atoms with E-state index in [0.717, 1.165) is 5.92 Å². The first-order valence-electron chi connectivity index (χ1n) is 6.71. The zero-order chi connectivity index (χ0) is 12.6. The topological polar surface area (TPSA) is 9.23 Å². The first-order valence-corrected chi connectivity index (χ1v) is 6.71. The highest BCUT2D eigenvalue weighted by molar-refractivity contribution is 6.67. The second kappa shape index (κ2) is 4.49. The quantitative estimate of drug-likeness (QED) is 0.723. The largest absolute Gasteiger partial charge is 0.422 e. The van der Waals surface area contributed by atoms with Crippen LogP contribution in [0.4, 0.5) is 0 Å². The Morgan fingerprint density at radius 3 is 2.65 bits per heavy atom. The van der Waals surface area contributed by atoms with Gasteiger partial charge < -0.3 is 4.65 Å². The van der Waals surface area contributed by atoms with E-state index in [-0.39, 0.29) is 12.5 Å². The summed E-state index contributed by atoms with van der Waals surface area (Å²) in [5, 5.41) is 0. The van der Waals surface area contributed by atoms with Crippen molar-refractivity contribution in [2.45, 2.75) is 53.0 Å². The van der Waals surface area contributed by atoms with Gasteiger partial charge in [0.25, 0.3) is 0 Å². The molecule has 2 rings (SSSR count). The lowest BCUT2D eigenvalue weighted by atomic mass is 9.64. The van der Waals surface area contributed by atoms with Crippen molar-refractivity contribution in [3.8, 4) is 0 Å². The van der Waals surface area contributed by atoms with Gasteiger partial charge in [-0.2, -0.15) is 0 Å². The van der Waals surface area contributed by atoms with Gasteiger partial charge in [0, 0.05) is 0 Å². The number of aryl methyl sites for hydroxylation is 1. The van der Waals surface area contributed by atoms with E-state index in [1.807, 2.05) is 0 Å². The van der Waals surface area contributed by atoms with E-state index in [9.17, 15) is 0 Å². The standard InChI is InChI=1S/C15H23BO/c1-11(2)6-7-12-8-9-14-13(10-12)15(3,4)17-16(14)5/h8-11H,6-7H2,1-5H3. The molecule has 0 fully saturated rings. The predicted molar refractivity (Wildman–Crippen MR) is 75.0 cm³/mol. The van der Waals surface area contributed by atoms with Gasteiger partial charge in [0.1, 0.15) is 0 Å². The molecule has 2 heteroatoms. The SMILES string of the molecule is CB1OC(C)(C)c2cc(CCC(C)C)ccc21. The summed E-state index contributed by atoms with van der Waals surface area (Å²) in [4.78, 5) is 0. The van der Waals surface area contributed by atoms with Crippen LogP contribution in [0.25, 0.3) is 0 Å². The summed E-state index contributed by atoms with van der Waals surface area (Å²) in [5.41, 5.74) is 4.07. The Morgan fingerprint density at radius 1 is 1.29 bits per heavy atom. The monoisotopic (exact) mass is 230 g/mol. The average Bonchev–Trinajstić information content (AvgIpc) is 2.47. The molecular formula is C15H23BO. The second-order valence-corrected chi connectivity index (χ2v) is 6.12. The number of hydrogen-bond acceptors (Lipinski definition) is 1. The van der Waals surface area contributed by atoms with Gasteiger partial charge in [-0.1, -0.05) is 38.9 Å². The third kappa shape index (κ3) is 2.57. The molecule has 0 aromatic heterocycles. The molecule has 0 radical (unpaired) electrons. The van der Waals surface area contributed by atoms with Gasteiger partial charge in [-0.15, -0.1) is 0 Å². The van der Waals surface area contributed by atoms with Crippen LogP contribution in [0.3, 0.4) is 0 Å². The Morgan fingerprint density at radius 2 is 2.00 bits per heavy atom. The first kappa shape index (κ1) is 12.7. The molecule has 0 saturated heterocycles. The van der Waals surface area contributed by atoms with Gasteiger partial charge in [0.2, 0.25) is 0 Å². The van der Waals surface area contributed by atoms with E-state index in [1.165, 1.54) is 29.4 Å². The third-order valence-corrected chi connectivity index (χ3v) is 3.69. The maximum absolute atomic E-state index is 6.00. The summed E-state index contributed by atoms with van der Waals surface area (Å²) in [6, 6.07) is 6.87. The van der Waals surface area contributed by atoms with E-state index in [0.29, 0.717) is 0 Å².